The molecule has 132 valence electrons. The van der Waals surface area contributed by atoms with Gasteiger partial charge in [0.1, 0.15) is 5.69 Å². The summed E-state index contributed by atoms with van der Waals surface area (Å²) in [7, 11) is -3.48. The molecular weight excluding hydrogens is 340 g/mol. The molecule has 25 heavy (non-hydrogen) atoms. The van der Waals surface area contributed by atoms with Crippen molar-refractivity contribution in [1.82, 2.24) is 14.3 Å². The molecule has 3 rings (SSSR count). The summed E-state index contributed by atoms with van der Waals surface area (Å²) in [6, 6.07) is 6.18. The van der Waals surface area contributed by atoms with Crippen molar-refractivity contribution in [1.29, 1.82) is 0 Å². The van der Waals surface area contributed by atoms with E-state index in [1.807, 2.05) is 0 Å². The van der Waals surface area contributed by atoms with Gasteiger partial charge in [-0.25, -0.2) is 13.4 Å². The summed E-state index contributed by atoms with van der Waals surface area (Å²) in [6.45, 7) is 3.24. The SMILES string of the molecule is CC1CCN(S(=O)(=O)c2ccc(NC(=O)c3cnccn3)cc2)CC1. The first kappa shape index (κ1) is 17.5. The lowest BCUT2D eigenvalue weighted by molar-refractivity contribution is 0.102. The molecule has 7 nitrogen and oxygen atoms in total. The van der Waals surface area contributed by atoms with Gasteiger partial charge in [-0.05, 0) is 43.0 Å². The van der Waals surface area contributed by atoms with Crippen LogP contribution in [0.15, 0.2) is 47.8 Å². The van der Waals surface area contributed by atoms with E-state index in [2.05, 4.69) is 22.2 Å². The van der Waals surface area contributed by atoms with E-state index in [-0.39, 0.29) is 10.6 Å². The van der Waals surface area contributed by atoms with Crippen molar-refractivity contribution in [2.75, 3.05) is 18.4 Å². The number of hydrogen-bond acceptors (Lipinski definition) is 5. The van der Waals surface area contributed by atoms with Crippen molar-refractivity contribution < 1.29 is 13.2 Å². The Bertz CT molecular complexity index is 830. The van der Waals surface area contributed by atoms with Gasteiger partial charge in [-0.3, -0.25) is 9.78 Å². The third-order valence-electron chi connectivity index (χ3n) is 4.29. The van der Waals surface area contributed by atoms with Crippen molar-refractivity contribution in [3.05, 3.63) is 48.5 Å². The summed E-state index contributed by atoms with van der Waals surface area (Å²) in [5.74, 6) is 0.166. The smallest absolute Gasteiger partial charge is 0.275 e. The second kappa shape index (κ2) is 7.28. The fourth-order valence-corrected chi connectivity index (χ4v) is 4.17. The zero-order chi connectivity index (χ0) is 17.9. The van der Waals surface area contributed by atoms with Crippen molar-refractivity contribution in [3.63, 3.8) is 0 Å². The second-order valence-electron chi connectivity index (χ2n) is 6.16. The van der Waals surface area contributed by atoms with Gasteiger partial charge in [-0.2, -0.15) is 4.31 Å². The largest absolute Gasteiger partial charge is 0.321 e. The number of rotatable bonds is 4. The third-order valence-corrected chi connectivity index (χ3v) is 6.20. The van der Waals surface area contributed by atoms with Crippen LogP contribution in [0, 0.1) is 5.92 Å². The highest BCUT2D eigenvalue weighted by Gasteiger charge is 2.27. The molecule has 1 saturated heterocycles. The van der Waals surface area contributed by atoms with Crippen LogP contribution in [0.2, 0.25) is 0 Å². The van der Waals surface area contributed by atoms with Crippen molar-refractivity contribution in [3.8, 4) is 0 Å². The van der Waals surface area contributed by atoms with Gasteiger partial charge in [0.25, 0.3) is 5.91 Å². The molecule has 0 aliphatic carbocycles. The van der Waals surface area contributed by atoms with Crippen LogP contribution in [-0.2, 0) is 10.0 Å². The molecule has 1 aromatic heterocycles. The van der Waals surface area contributed by atoms with Crippen LogP contribution in [0.1, 0.15) is 30.3 Å². The van der Waals surface area contributed by atoms with E-state index in [0.29, 0.717) is 24.7 Å². The van der Waals surface area contributed by atoms with Gasteiger partial charge in [-0.1, -0.05) is 6.92 Å². The minimum absolute atomic E-state index is 0.196. The number of nitrogens with one attached hydrogen (secondary N) is 1. The number of aromatic nitrogens is 2. The molecule has 0 spiro atoms. The maximum atomic E-state index is 12.7. The maximum absolute atomic E-state index is 12.7. The molecule has 1 aromatic carbocycles. The van der Waals surface area contributed by atoms with Crippen molar-refractivity contribution >= 4 is 21.6 Å². The zero-order valence-corrected chi connectivity index (χ0v) is 14.7. The highest BCUT2D eigenvalue weighted by Crippen LogP contribution is 2.24. The number of sulfonamides is 1. The van der Waals surface area contributed by atoms with Gasteiger partial charge < -0.3 is 5.32 Å². The molecule has 0 unspecified atom stereocenters. The van der Waals surface area contributed by atoms with Crippen LogP contribution in [-0.4, -0.2) is 41.7 Å². The Morgan fingerprint density at radius 2 is 1.84 bits per heavy atom. The number of hydrogen-bond donors (Lipinski definition) is 1. The summed E-state index contributed by atoms with van der Waals surface area (Å²) in [6.07, 6.45) is 6.05. The number of amides is 1. The Morgan fingerprint density at radius 1 is 1.16 bits per heavy atom. The molecule has 1 aliphatic rings. The molecule has 0 radical (unpaired) electrons. The number of carbonyl (C=O) groups excluding carboxylic acids is 1. The van der Waals surface area contributed by atoms with Gasteiger partial charge in [0.2, 0.25) is 10.0 Å². The van der Waals surface area contributed by atoms with Gasteiger partial charge in [0.05, 0.1) is 11.1 Å². The van der Waals surface area contributed by atoms with Crippen LogP contribution in [0.3, 0.4) is 0 Å². The molecule has 1 amide bonds. The molecule has 1 fully saturated rings. The van der Waals surface area contributed by atoms with Crippen molar-refractivity contribution in [2.45, 2.75) is 24.7 Å². The molecular formula is C17H20N4O3S. The van der Waals surface area contributed by atoms with Crippen molar-refractivity contribution in [2.24, 2.45) is 5.92 Å². The van der Waals surface area contributed by atoms with E-state index in [1.165, 1.54) is 35.0 Å². The van der Waals surface area contributed by atoms with E-state index < -0.39 is 15.9 Å². The van der Waals surface area contributed by atoms with E-state index in [0.717, 1.165) is 12.8 Å². The molecule has 2 aromatic rings. The highest BCUT2D eigenvalue weighted by molar-refractivity contribution is 7.89. The van der Waals surface area contributed by atoms with Crippen LogP contribution in [0.25, 0.3) is 0 Å². The van der Waals surface area contributed by atoms with Crippen LogP contribution >= 0.6 is 0 Å². The normalized spacial score (nSPS) is 16.5. The Kier molecular flexibility index (Phi) is 5.10. The average Bonchev–Trinajstić information content (AvgIpc) is 2.63. The van der Waals surface area contributed by atoms with E-state index in [4.69, 9.17) is 0 Å². The molecule has 1 N–H and O–H groups in total. The fraction of sp³-hybridized carbons (Fsp3) is 0.353. The van der Waals surface area contributed by atoms with Gasteiger partial charge in [-0.15, -0.1) is 0 Å². The summed E-state index contributed by atoms with van der Waals surface area (Å²) in [5.41, 5.74) is 0.698. The first-order chi connectivity index (χ1) is 12.0. The molecule has 0 saturated carbocycles. The lowest BCUT2D eigenvalue weighted by Gasteiger charge is -2.29. The monoisotopic (exact) mass is 360 g/mol. The molecule has 1 aliphatic heterocycles. The first-order valence-electron chi connectivity index (χ1n) is 8.14. The predicted molar refractivity (Wildman–Crippen MR) is 93.6 cm³/mol. The fourth-order valence-electron chi connectivity index (χ4n) is 2.70. The quantitative estimate of drug-likeness (QED) is 0.902. The third kappa shape index (κ3) is 4.02. The summed E-state index contributed by atoms with van der Waals surface area (Å²) in [5, 5.41) is 2.67. The van der Waals surface area contributed by atoms with Crippen LogP contribution < -0.4 is 5.32 Å². The lowest BCUT2D eigenvalue weighted by atomic mass is 10.0. The molecule has 0 atom stereocenters. The summed E-state index contributed by atoms with van der Waals surface area (Å²) in [4.78, 5) is 20.0. The summed E-state index contributed by atoms with van der Waals surface area (Å²) >= 11 is 0. The minimum atomic E-state index is -3.48. The molecule has 8 heteroatoms. The Hall–Kier alpha value is -2.32. The standard InChI is InChI=1S/C17H20N4O3S/c1-13-6-10-21(11-7-13)25(23,24)15-4-2-14(3-5-15)20-17(22)16-12-18-8-9-19-16/h2-5,8-9,12-13H,6-7,10-11H2,1H3,(H,20,22). The Morgan fingerprint density at radius 3 is 2.44 bits per heavy atom. The molecule has 0 bridgehead atoms. The predicted octanol–water partition coefficient (Wildman–Crippen LogP) is 2.15. The zero-order valence-electron chi connectivity index (χ0n) is 13.9. The van der Waals surface area contributed by atoms with Crippen LogP contribution in [0.4, 0.5) is 5.69 Å². The number of carbonyl (C=O) groups is 1. The van der Waals surface area contributed by atoms with Gasteiger partial charge in [0, 0.05) is 31.2 Å². The number of anilines is 1. The first-order valence-corrected chi connectivity index (χ1v) is 9.58. The Balaban J connectivity index is 1.70. The highest BCUT2D eigenvalue weighted by atomic mass is 32.2. The van der Waals surface area contributed by atoms with E-state index >= 15 is 0 Å². The second-order valence-corrected chi connectivity index (χ2v) is 8.09. The van der Waals surface area contributed by atoms with E-state index in [1.54, 1.807) is 12.1 Å². The average molecular weight is 360 g/mol. The maximum Gasteiger partial charge on any atom is 0.275 e. The lowest BCUT2D eigenvalue weighted by Crippen LogP contribution is -2.37. The minimum Gasteiger partial charge on any atom is -0.321 e. The number of nitrogens with zero attached hydrogens (tertiary/aromatic N) is 3. The topological polar surface area (TPSA) is 92.3 Å². The number of benzene rings is 1. The van der Waals surface area contributed by atoms with Gasteiger partial charge in [0.15, 0.2) is 0 Å². The van der Waals surface area contributed by atoms with Gasteiger partial charge >= 0.3 is 0 Å². The summed E-state index contributed by atoms with van der Waals surface area (Å²) < 4.78 is 26.9. The van der Waals surface area contributed by atoms with E-state index in [9.17, 15) is 13.2 Å². The molecule has 2 heterocycles. The Labute approximate surface area is 147 Å². The number of piperidine rings is 1. The van der Waals surface area contributed by atoms with Crippen LogP contribution in [0.5, 0.6) is 0 Å².